The molecule has 1 aromatic rings. The van der Waals surface area contributed by atoms with Crippen LogP contribution < -0.4 is 119 Å². The molecule has 0 bridgehead atoms. The fourth-order valence-electron chi connectivity index (χ4n) is 1.05. The van der Waals surface area contributed by atoms with Crippen LogP contribution in [0, 0.1) is 0 Å². The molecule has 80 valence electrons. The van der Waals surface area contributed by atoms with E-state index >= 15 is 0 Å². The minimum absolute atomic E-state index is 0. The molecule has 0 aliphatic heterocycles. The summed E-state index contributed by atoms with van der Waals surface area (Å²) in [5.41, 5.74) is -1.02. The van der Waals surface area contributed by atoms with E-state index in [0.717, 1.165) is 22.9 Å². The molecule has 1 atom stereocenters. The molecule has 0 N–H and O–H groups in total. The van der Waals surface area contributed by atoms with Gasteiger partial charge >= 0.3 is 103 Å². The zero-order chi connectivity index (χ0) is 11.6. The number of carboxylic acids is 2. The van der Waals surface area contributed by atoms with Crippen molar-refractivity contribution < 1.29 is 123 Å². The second-order valence-electron chi connectivity index (χ2n) is 2.94. The van der Waals surface area contributed by atoms with Gasteiger partial charge in [-0.3, -0.25) is 4.79 Å². The van der Waals surface area contributed by atoms with E-state index in [2.05, 4.69) is 0 Å². The second kappa shape index (κ2) is 9.13. The minimum Gasteiger partial charge on any atom is -0.548 e. The molecule has 1 heterocycles. The standard InChI is InChI=1S/C9H9NO5.2K/c1-5(8(12)13)10-3-2-6(9(14)15)4-7(10)11;;/h2-5H,1H3,(H,12,13)(H,14,15);;/q;2*+1/p-2. The maximum atomic E-state index is 11.3. The molecule has 0 aliphatic carbocycles. The van der Waals surface area contributed by atoms with Crippen LogP contribution in [-0.4, -0.2) is 16.5 Å². The van der Waals surface area contributed by atoms with Gasteiger partial charge in [-0.15, -0.1) is 0 Å². The topological polar surface area (TPSA) is 102 Å². The summed E-state index contributed by atoms with van der Waals surface area (Å²) in [7, 11) is 0. The van der Waals surface area contributed by atoms with Gasteiger partial charge in [-0.05, 0) is 13.0 Å². The van der Waals surface area contributed by atoms with Crippen LogP contribution in [0.25, 0.3) is 0 Å². The van der Waals surface area contributed by atoms with E-state index in [9.17, 15) is 24.6 Å². The van der Waals surface area contributed by atoms with Crippen LogP contribution in [-0.2, 0) is 4.79 Å². The molecule has 1 rings (SSSR count). The van der Waals surface area contributed by atoms with Crippen molar-refractivity contribution in [1.29, 1.82) is 0 Å². The van der Waals surface area contributed by atoms with E-state index < -0.39 is 23.5 Å². The number of carboxylic acid groups (broad SMARTS) is 2. The Morgan fingerprint density at radius 2 is 1.82 bits per heavy atom. The number of aromatic nitrogens is 1. The van der Waals surface area contributed by atoms with Crippen LogP contribution in [0.5, 0.6) is 0 Å². The average molecular weight is 287 g/mol. The second-order valence-corrected chi connectivity index (χ2v) is 2.94. The number of hydrogen-bond donors (Lipinski definition) is 0. The number of carbonyl (C=O) groups is 2. The largest absolute Gasteiger partial charge is 1.00 e. The van der Waals surface area contributed by atoms with Crippen molar-refractivity contribution in [2.24, 2.45) is 0 Å². The van der Waals surface area contributed by atoms with Crippen LogP contribution in [0.2, 0.25) is 0 Å². The number of pyridine rings is 1. The van der Waals surface area contributed by atoms with E-state index in [4.69, 9.17) is 0 Å². The molecule has 0 saturated heterocycles. The zero-order valence-corrected chi connectivity index (χ0v) is 16.0. The normalized spacial score (nSPS) is 10.6. The molecule has 0 spiro atoms. The molecule has 0 aromatic carbocycles. The van der Waals surface area contributed by atoms with Crippen molar-refractivity contribution >= 4 is 11.9 Å². The van der Waals surface area contributed by atoms with Gasteiger partial charge in [0.25, 0.3) is 5.56 Å². The van der Waals surface area contributed by atoms with Gasteiger partial charge < -0.3 is 24.4 Å². The molecular formula is C9H7K2NO5. The SMILES string of the molecule is CC(C(=O)[O-])n1ccc(C(=O)[O-])cc1=O.[K+].[K+]. The first-order valence-electron chi connectivity index (χ1n) is 4.08. The van der Waals surface area contributed by atoms with Crippen molar-refractivity contribution in [2.45, 2.75) is 13.0 Å². The van der Waals surface area contributed by atoms with Crippen LogP contribution >= 0.6 is 0 Å². The number of aromatic carboxylic acids is 1. The minimum atomic E-state index is -1.49. The van der Waals surface area contributed by atoms with Crippen molar-refractivity contribution in [1.82, 2.24) is 4.57 Å². The first kappa shape index (κ1) is 20.5. The summed E-state index contributed by atoms with van der Waals surface area (Å²) in [5, 5.41) is 20.9. The first-order chi connectivity index (χ1) is 6.93. The van der Waals surface area contributed by atoms with Gasteiger partial charge in [0.15, 0.2) is 0 Å². The Morgan fingerprint density at radius 1 is 1.29 bits per heavy atom. The summed E-state index contributed by atoms with van der Waals surface area (Å²) in [4.78, 5) is 32.1. The quantitative estimate of drug-likeness (QED) is 0.514. The number of aliphatic carboxylic acids is 1. The van der Waals surface area contributed by atoms with Crippen LogP contribution in [0.15, 0.2) is 23.1 Å². The Bertz CT molecular complexity index is 471. The summed E-state index contributed by atoms with van der Waals surface area (Å²) in [5.74, 6) is -2.90. The van der Waals surface area contributed by atoms with Gasteiger partial charge in [0, 0.05) is 17.8 Å². The Kier molecular flexibility index (Phi) is 11.0. The zero-order valence-electron chi connectivity index (χ0n) is 9.80. The first-order valence-corrected chi connectivity index (χ1v) is 4.08. The molecule has 0 aliphatic rings. The summed E-state index contributed by atoms with van der Waals surface area (Å²) >= 11 is 0. The number of rotatable bonds is 3. The van der Waals surface area contributed by atoms with Gasteiger partial charge in [-0.2, -0.15) is 0 Å². The van der Waals surface area contributed by atoms with Crippen LogP contribution in [0.4, 0.5) is 0 Å². The fourth-order valence-corrected chi connectivity index (χ4v) is 1.05. The maximum Gasteiger partial charge on any atom is 1.00 e. The Balaban J connectivity index is 0. The molecular weight excluding hydrogens is 280 g/mol. The predicted molar refractivity (Wildman–Crippen MR) is 44.8 cm³/mol. The Hall–Kier alpha value is 1.16. The monoisotopic (exact) mass is 287 g/mol. The molecule has 0 fully saturated rings. The van der Waals surface area contributed by atoms with Gasteiger partial charge in [-0.1, -0.05) is 0 Å². The molecule has 8 heteroatoms. The summed E-state index contributed by atoms with van der Waals surface area (Å²) in [6, 6.07) is 0.749. The molecule has 1 aromatic heterocycles. The average Bonchev–Trinajstić information content (AvgIpc) is 2.16. The third kappa shape index (κ3) is 5.76. The van der Waals surface area contributed by atoms with E-state index in [0.29, 0.717) is 0 Å². The van der Waals surface area contributed by atoms with Crippen molar-refractivity contribution in [2.75, 3.05) is 0 Å². The summed E-state index contributed by atoms with van der Waals surface area (Å²) in [6.45, 7) is 1.26. The number of carbonyl (C=O) groups excluding carboxylic acids is 2. The van der Waals surface area contributed by atoms with Gasteiger partial charge in [0.1, 0.15) is 0 Å². The van der Waals surface area contributed by atoms with Gasteiger partial charge in [0.2, 0.25) is 0 Å². The summed E-state index contributed by atoms with van der Waals surface area (Å²) < 4.78 is 0.863. The van der Waals surface area contributed by atoms with Gasteiger partial charge in [0.05, 0.1) is 18.0 Å². The van der Waals surface area contributed by atoms with Crippen LogP contribution in [0.3, 0.4) is 0 Å². The van der Waals surface area contributed by atoms with Crippen molar-refractivity contribution in [3.05, 3.63) is 34.2 Å². The predicted octanol–water partition coefficient (Wildman–Crippen LogP) is -8.47. The summed E-state index contributed by atoms with van der Waals surface area (Å²) in [6.07, 6.45) is 1.08. The molecule has 0 amide bonds. The molecule has 6 nitrogen and oxygen atoms in total. The van der Waals surface area contributed by atoms with Crippen LogP contribution in [0.1, 0.15) is 23.3 Å². The third-order valence-electron chi connectivity index (χ3n) is 1.94. The Morgan fingerprint density at radius 3 is 2.18 bits per heavy atom. The van der Waals surface area contributed by atoms with E-state index in [-0.39, 0.29) is 108 Å². The number of nitrogens with zero attached hydrogens (tertiary/aromatic N) is 1. The molecule has 1 unspecified atom stereocenters. The van der Waals surface area contributed by atoms with Gasteiger partial charge in [-0.25, -0.2) is 0 Å². The van der Waals surface area contributed by atoms with E-state index in [1.807, 2.05) is 0 Å². The molecule has 17 heavy (non-hydrogen) atoms. The molecule has 0 saturated carbocycles. The third-order valence-corrected chi connectivity index (χ3v) is 1.94. The van der Waals surface area contributed by atoms with E-state index in [1.165, 1.54) is 6.92 Å². The van der Waals surface area contributed by atoms with Crippen molar-refractivity contribution in [3.8, 4) is 0 Å². The Labute approximate surface area is 182 Å². The van der Waals surface area contributed by atoms with E-state index in [1.54, 1.807) is 0 Å². The maximum absolute atomic E-state index is 11.3. The number of hydrogen-bond acceptors (Lipinski definition) is 5. The molecule has 0 radical (unpaired) electrons. The van der Waals surface area contributed by atoms with Crippen molar-refractivity contribution in [3.63, 3.8) is 0 Å². The smallest absolute Gasteiger partial charge is 0.548 e. The fraction of sp³-hybridized carbons (Fsp3) is 0.222.